The summed E-state index contributed by atoms with van der Waals surface area (Å²) in [5, 5.41) is 2.44. The van der Waals surface area contributed by atoms with Gasteiger partial charge in [0, 0.05) is 12.7 Å². The van der Waals surface area contributed by atoms with Crippen LogP contribution >= 0.6 is 12.6 Å². The number of hydrogen-bond acceptors (Lipinski definition) is 3. The van der Waals surface area contributed by atoms with E-state index in [2.05, 4.69) is 17.9 Å². The number of benzene rings is 1. The average molecular weight is 197 g/mol. The predicted molar refractivity (Wildman–Crippen MR) is 55.2 cm³/mol. The van der Waals surface area contributed by atoms with Crippen LogP contribution in [0.3, 0.4) is 0 Å². The van der Waals surface area contributed by atoms with E-state index in [-0.39, 0.29) is 6.61 Å². The Morgan fingerprint density at radius 1 is 1.46 bits per heavy atom. The van der Waals surface area contributed by atoms with Gasteiger partial charge in [-0.05, 0) is 17.7 Å². The topological polar surface area (TPSA) is 38.3 Å². The van der Waals surface area contributed by atoms with Gasteiger partial charge in [0.15, 0.2) is 0 Å². The molecule has 1 aromatic rings. The van der Waals surface area contributed by atoms with Gasteiger partial charge in [0.2, 0.25) is 0 Å². The predicted octanol–water partition coefficient (Wildman–Crippen LogP) is 2.29. The first-order valence-corrected chi connectivity index (χ1v) is 4.29. The number of rotatable bonds is 3. The van der Waals surface area contributed by atoms with Gasteiger partial charge >= 0.3 is 5.30 Å². The third-order valence-corrected chi connectivity index (χ3v) is 1.73. The zero-order valence-electron chi connectivity index (χ0n) is 7.28. The van der Waals surface area contributed by atoms with Crippen molar-refractivity contribution < 1.29 is 9.53 Å². The average Bonchev–Trinajstić information content (AvgIpc) is 2.15. The van der Waals surface area contributed by atoms with Crippen molar-refractivity contribution in [3.63, 3.8) is 0 Å². The van der Waals surface area contributed by atoms with Gasteiger partial charge in [-0.1, -0.05) is 24.8 Å². The maximum atomic E-state index is 10.4. The van der Waals surface area contributed by atoms with Crippen molar-refractivity contribution in [1.29, 1.82) is 0 Å². The second-order valence-corrected chi connectivity index (χ2v) is 2.87. The highest BCUT2D eigenvalue weighted by Gasteiger charge is 1.96. The van der Waals surface area contributed by atoms with Crippen molar-refractivity contribution in [1.82, 2.24) is 0 Å². The zero-order chi connectivity index (χ0) is 9.68. The van der Waals surface area contributed by atoms with Crippen LogP contribution in [0.1, 0.15) is 5.56 Å². The molecule has 0 saturated heterocycles. The van der Waals surface area contributed by atoms with Gasteiger partial charge in [-0.2, -0.15) is 0 Å². The van der Waals surface area contributed by atoms with Crippen LogP contribution in [0.25, 0.3) is 0 Å². The molecule has 0 atom stereocenters. The molecule has 0 aliphatic carbocycles. The van der Waals surface area contributed by atoms with E-state index in [1.54, 1.807) is 0 Å². The van der Waals surface area contributed by atoms with Gasteiger partial charge in [-0.25, -0.2) is 4.79 Å². The molecule has 0 heterocycles. The van der Waals surface area contributed by atoms with Crippen LogP contribution in [0.2, 0.25) is 0 Å². The Morgan fingerprint density at radius 3 is 2.54 bits per heavy atom. The SMILES string of the molecule is CNc1ccc(COC(=O)S)cc1. The Labute approximate surface area is 82.5 Å². The first kappa shape index (κ1) is 9.92. The third kappa shape index (κ3) is 3.38. The molecule has 3 nitrogen and oxygen atoms in total. The lowest BCUT2D eigenvalue weighted by Crippen LogP contribution is -1.95. The number of nitrogens with one attached hydrogen (secondary N) is 1. The van der Waals surface area contributed by atoms with Gasteiger partial charge < -0.3 is 10.1 Å². The molecule has 0 aromatic heterocycles. The minimum Gasteiger partial charge on any atom is -0.453 e. The summed E-state index contributed by atoms with van der Waals surface area (Å²) in [6, 6.07) is 7.62. The molecular weight excluding hydrogens is 186 g/mol. The van der Waals surface area contributed by atoms with Crippen molar-refractivity contribution in [2.75, 3.05) is 12.4 Å². The van der Waals surface area contributed by atoms with Gasteiger partial charge in [-0.3, -0.25) is 0 Å². The maximum absolute atomic E-state index is 10.4. The standard InChI is InChI=1S/C9H11NO2S/c1-10-8-4-2-7(3-5-8)6-12-9(11)13/h2-5,10H,6H2,1H3,(H,11,13). The summed E-state index contributed by atoms with van der Waals surface area (Å²) in [7, 11) is 1.85. The molecule has 0 aliphatic rings. The van der Waals surface area contributed by atoms with Crippen LogP contribution in [0.15, 0.2) is 24.3 Å². The van der Waals surface area contributed by atoms with Crippen molar-refractivity contribution in [3.8, 4) is 0 Å². The van der Waals surface area contributed by atoms with E-state index in [1.165, 1.54) is 0 Å². The third-order valence-electron chi connectivity index (χ3n) is 1.60. The highest BCUT2D eigenvalue weighted by Crippen LogP contribution is 2.09. The van der Waals surface area contributed by atoms with Crippen LogP contribution in [0.4, 0.5) is 10.5 Å². The van der Waals surface area contributed by atoms with Crippen LogP contribution in [-0.2, 0) is 11.3 Å². The minimum absolute atomic E-state index is 0.270. The van der Waals surface area contributed by atoms with Crippen LogP contribution < -0.4 is 5.32 Å². The summed E-state index contributed by atoms with van der Waals surface area (Å²) in [5.41, 5.74) is 1.97. The molecule has 0 fully saturated rings. The summed E-state index contributed by atoms with van der Waals surface area (Å²) in [6.07, 6.45) is 0. The Balaban J connectivity index is 2.54. The summed E-state index contributed by atoms with van der Waals surface area (Å²) >= 11 is 3.49. The van der Waals surface area contributed by atoms with Crippen LogP contribution in [-0.4, -0.2) is 12.3 Å². The normalized spacial score (nSPS) is 9.38. The fourth-order valence-corrected chi connectivity index (χ4v) is 0.977. The molecule has 1 rings (SSSR count). The maximum Gasteiger partial charge on any atom is 0.364 e. The molecule has 1 aromatic carbocycles. The lowest BCUT2D eigenvalue weighted by molar-refractivity contribution is 0.169. The number of ether oxygens (including phenoxy) is 1. The molecule has 4 heteroatoms. The fourth-order valence-electron chi connectivity index (χ4n) is 0.913. The quantitative estimate of drug-likeness (QED) is 0.576. The van der Waals surface area contributed by atoms with E-state index in [9.17, 15) is 4.79 Å². The number of anilines is 1. The van der Waals surface area contributed by atoms with E-state index in [4.69, 9.17) is 4.74 Å². The Morgan fingerprint density at radius 2 is 2.08 bits per heavy atom. The number of carbonyl (C=O) groups excluding carboxylic acids is 1. The fraction of sp³-hybridized carbons (Fsp3) is 0.222. The van der Waals surface area contributed by atoms with Gasteiger partial charge in [0.1, 0.15) is 6.61 Å². The van der Waals surface area contributed by atoms with Crippen molar-refractivity contribution in [2.24, 2.45) is 0 Å². The van der Waals surface area contributed by atoms with E-state index in [0.717, 1.165) is 11.3 Å². The largest absolute Gasteiger partial charge is 0.453 e. The van der Waals surface area contributed by atoms with E-state index < -0.39 is 5.30 Å². The molecule has 0 saturated carbocycles. The molecule has 1 N–H and O–H groups in total. The first-order chi connectivity index (χ1) is 6.22. The van der Waals surface area contributed by atoms with Crippen LogP contribution in [0.5, 0.6) is 0 Å². The van der Waals surface area contributed by atoms with E-state index in [0.29, 0.717) is 0 Å². The minimum atomic E-state index is -0.558. The molecule has 13 heavy (non-hydrogen) atoms. The molecular formula is C9H11NO2S. The van der Waals surface area contributed by atoms with Crippen molar-refractivity contribution in [3.05, 3.63) is 29.8 Å². The van der Waals surface area contributed by atoms with Crippen molar-refractivity contribution in [2.45, 2.75) is 6.61 Å². The molecule has 0 bridgehead atoms. The number of hydrogen-bond donors (Lipinski definition) is 2. The summed E-state index contributed by atoms with van der Waals surface area (Å²) < 4.78 is 4.71. The van der Waals surface area contributed by atoms with Gasteiger partial charge in [-0.15, -0.1) is 0 Å². The molecule has 0 radical (unpaired) electrons. The first-order valence-electron chi connectivity index (χ1n) is 3.85. The monoisotopic (exact) mass is 197 g/mol. The molecule has 0 spiro atoms. The molecule has 0 aliphatic heterocycles. The number of thiol groups is 1. The zero-order valence-corrected chi connectivity index (χ0v) is 8.17. The summed E-state index contributed by atoms with van der Waals surface area (Å²) in [6.45, 7) is 0.270. The Bertz CT molecular complexity index is 284. The second-order valence-electron chi connectivity index (χ2n) is 2.50. The Kier molecular flexibility index (Phi) is 3.64. The smallest absolute Gasteiger partial charge is 0.364 e. The highest BCUT2D eigenvalue weighted by molar-refractivity contribution is 7.96. The van der Waals surface area contributed by atoms with Gasteiger partial charge in [0.25, 0.3) is 0 Å². The molecule has 0 unspecified atom stereocenters. The van der Waals surface area contributed by atoms with E-state index in [1.807, 2.05) is 31.3 Å². The highest BCUT2D eigenvalue weighted by atomic mass is 32.1. The summed E-state index contributed by atoms with van der Waals surface area (Å²) in [5.74, 6) is 0. The van der Waals surface area contributed by atoms with Crippen LogP contribution in [0, 0.1) is 0 Å². The Hall–Kier alpha value is -1.16. The molecule has 0 amide bonds. The number of carbonyl (C=O) groups is 1. The molecule has 70 valence electrons. The van der Waals surface area contributed by atoms with Crippen molar-refractivity contribution >= 4 is 23.6 Å². The van der Waals surface area contributed by atoms with E-state index >= 15 is 0 Å². The second kappa shape index (κ2) is 4.77. The summed E-state index contributed by atoms with van der Waals surface area (Å²) in [4.78, 5) is 10.4. The lowest BCUT2D eigenvalue weighted by Gasteiger charge is -2.03. The lowest BCUT2D eigenvalue weighted by atomic mass is 10.2. The van der Waals surface area contributed by atoms with Gasteiger partial charge in [0.05, 0.1) is 0 Å².